The van der Waals surface area contributed by atoms with Gasteiger partial charge in [-0.1, -0.05) is 0 Å². The molecule has 2 heterocycles. The van der Waals surface area contributed by atoms with Crippen LogP contribution in [0.15, 0.2) is 12.3 Å². The molecule has 1 aromatic heterocycles. The fourth-order valence-electron chi connectivity index (χ4n) is 2.06. The van der Waals surface area contributed by atoms with Crippen molar-refractivity contribution in [2.75, 3.05) is 18.0 Å². The number of halogens is 3. The highest BCUT2D eigenvalue weighted by molar-refractivity contribution is 5.37. The molecule has 0 radical (unpaired) electrons. The van der Waals surface area contributed by atoms with Crippen molar-refractivity contribution in [2.24, 2.45) is 5.92 Å². The summed E-state index contributed by atoms with van der Waals surface area (Å²) in [7, 11) is 0. The van der Waals surface area contributed by atoms with Crippen molar-refractivity contribution in [3.05, 3.63) is 18.1 Å². The Morgan fingerprint density at radius 3 is 2.47 bits per heavy atom. The van der Waals surface area contributed by atoms with Gasteiger partial charge in [-0.15, -0.1) is 0 Å². The number of aryl methyl sites for hydroxylation is 1. The summed E-state index contributed by atoms with van der Waals surface area (Å²) < 4.78 is 37.5. The van der Waals surface area contributed by atoms with Gasteiger partial charge in [-0.05, 0) is 25.8 Å². The summed E-state index contributed by atoms with van der Waals surface area (Å²) >= 11 is 0. The molecule has 0 aliphatic carbocycles. The van der Waals surface area contributed by atoms with Crippen molar-refractivity contribution in [1.29, 1.82) is 0 Å². The lowest BCUT2D eigenvalue weighted by atomic mass is 9.96. The van der Waals surface area contributed by atoms with Crippen LogP contribution in [0.5, 0.6) is 0 Å². The maximum absolute atomic E-state index is 12.5. The molecule has 1 saturated heterocycles. The molecule has 0 amide bonds. The van der Waals surface area contributed by atoms with Gasteiger partial charge in [0.05, 0.1) is 5.92 Å². The zero-order chi connectivity index (χ0) is 12.5. The first-order valence-corrected chi connectivity index (χ1v) is 5.58. The van der Waals surface area contributed by atoms with E-state index in [9.17, 15) is 13.2 Å². The molecular weight excluding hydrogens is 231 g/mol. The molecular formula is C11H14F3N3. The third-order valence-electron chi connectivity index (χ3n) is 3.04. The molecule has 1 fully saturated rings. The molecule has 0 N–H and O–H groups in total. The van der Waals surface area contributed by atoms with E-state index in [1.807, 2.05) is 4.90 Å². The Kier molecular flexibility index (Phi) is 3.22. The van der Waals surface area contributed by atoms with E-state index in [-0.39, 0.29) is 12.8 Å². The van der Waals surface area contributed by atoms with Gasteiger partial charge < -0.3 is 4.90 Å². The van der Waals surface area contributed by atoms with Crippen molar-refractivity contribution in [1.82, 2.24) is 9.97 Å². The van der Waals surface area contributed by atoms with E-state index in [2.05, 4.69) is 9.97 Å². The summed E-state index contributed by atoms with van der Waals surface area (Å²) in [6.45, 7) is 2.58. The molecule has 1 aromatic rings. The Morgan fingerprint density at radius 1 is 1.29 bits per heavy atom. The highest BCUT2D eigenvalue weighted by Gasteiger charge is 2.41. The van der Waals surface area contributed by atoms with E-state index in [1.54, 1.807) is 19.2 Å². The minimum Gasteiger partial charge on any atom is -0.356 e. The molecule has 0 bridgehead atoms. The summed E-state index contributed by atoms with van der Waals surface area (Å²) in [6.07, 6.45) is -2.14. The lowest BCUT2D eigenvalue weighted by molar-refractivity contribution is -0.179. The minimum atomic E-state index is -4.06. The molecule has 1 aliphatic rings. The molecule has 0 aromatic carbocycles. The van der Waals surface area contributed by atoms with Gasteiger partial charge in [0.15, 0.2) is 0 Å². The molecule has 94 valence electrons. The summed E-state index contributed by atoms with van der Waals surface area (Å²) in [5.41, 5.74) is 0. The van der Waals surface area contributed by atoms with Gasteiger partial charge in [-0.3, -0.25) is 0 Å². The number of hydrogen-bond acceptors (Lipinski definition) is 3. The van der Waals surface area contributed by atoms with Crippen LogP contribution in [0.25, 0.3) is 0 Å². The predicted molar refractivity (Wildman–Crippen MR) is 57.8 cm³/mol. The number of aromatic nitrogens is 2. The molecule has 3 nitrogen and oxygen atoms in total. The second kappa shape index (κ2) is 4.50. The van der Waals surface area contributed by atoms with Gasteiger partial charge in [0.2, 0.25) is 0 Å². The van der Waals surface area contributed by atoms with Crippen LogP contribution >= 0.6 is 0 Å². The van der Waals surface area contributed by atoms with Crippen LogP contribution < -0.4 is 4.90 Å². The minimum absolute atomic E-state index is 0.145. The predicted octanol–water partition coefficient (Wildman–Crippen LogP) is 2.56. The molecule has 6 heteroatoms. The SMILES string of the molecule is Cc1nccc(N2CCC(C(F)(F)F)CC2)n1. The van der Waals surface area contributed by atoms with Crippen molar-refractivity contribution < 1.29 is 13.2 Å². The van der Waals surface area contributed by atoms with Crippen LogP contribution in [0.1, 0.15) is 18.7 Å². The lowest BCUT2D eigenvalue weighted by Gasteiger charge is -2.33. The van der Waals surface area contributed by atoms with Gasteiger partial charge in [-0.2, -0.15) is 13.2 Å². The van der Waals surface area contributed by atoms with E-state index in [1.165, 1.54) is 0 Å². The van der Waals surface area contributed by atoms with Crippen LogP contribution in [-0.4, -0.2) is 29.2 Å². The molecule has 2 rings (SSSR count). The van der Waals surface area contributed by atoms with Crippen molar-refractivity contribution >= 4 is 5.82 Å². The second-order valence-corrected chi connectivity index (χ2v) is 4.26. The third-order valence-corrected chi connectivity index (χ3v) is 3.04. The highest BCUT2D eigenvalue weighted by Crippen LogP contribution is 2.34. The van der Waals surface area contributed by atoms with Gasteiger partial charge in [-0.25, -0.2) is 9.97 Å². The van der Waals surface area contributed by atoms with Gasteiger partial charge in [0.1, 0.15) is 11.6 Å². The number of nitrogens with zero attached hydrogens (tertiary/aromatic N) is 3. The van der Waals surface area contributed by atoms with Gasteiger partial charge in [0.25, 0.3) is 0 Å². The Bertz CT molecular complexity index is 384. The smallest absolute Gasteiger partial charge is 0.356 e. The Hall–Kier alpha value is -1.33. The van der Waals surface area contributed by atoms with Crippen LogP contribution in [0, 0.1) is 12.8 Å². The molecule has 0 spiro atoms. The summed E-state index contributed by atoms with van der Waals surface area (Å²) in [4.78, 5) is 10.1. The van der Waals surface area contributed by atoms with Crippen LogP contribution in [0.3, 0.4) is 0 Å². The lowest BCUT2D eigenvalue weighted by Crippen LogP contribution is -2.39. The van der Waals surface area contributed by atoms with E-state index in [4.69, 9.17) is 0 Å². The van der Waals surface area contributed by atoms with Gasteiger partial charge in [0, 0.05) is 19.3 Å². The average molecular weight is 245 g/mol. The fourth-order valence-corrected chi connectivity index (χ4v) is 2.06. The topological polar surface area (TPSA) is 29.0 Å². The molecule has 0 unspecified atom stereocenters. The maximum atomic E-state index is 12.5. The molecule has 1 aliphatic heterocycles. The van der Waals surface area contributed by atoms with E-state index >= 15 is 0 Å². The third kappa shape index (κ3) is 2.87. The standard InChI is InChI=1S/C11H14F3N3/c1-8-15-5-2-10(16-8)17-6-3-9(4-7-17)11(12,13)14/h2,5,9H,3-4,6-7H2,1H3. The number of alkyl halides is 3. The van der Waals surface area contributed by atoms with E-state index in [0.29, 0.717) is 18.9 Å². The summed E-state index contributed by atoms with van der Waals surface area (Å²) in [5.74, 6) is 0.195. The largest absolute Gasteiger partial charge is 0.391 e. The average Bonchev–Trinajstić information content (AvgIpc) is 2.28. The molecule has 17 heavy (non-hydrogen) atoms. The number of anilines is 1. The summed E-state index contributed by atoms with van der Waals surface area (Å²) in [5, 5.41) is 0. The van der Waals surface area contributed by atoms with E-state index in [0.717, 1.165) is 5.82 Å². The normalized spacial score (nSPS) is 18.5. The number of hydrogen-bond donors (Lipinski definition) is 0. The first-order chi connectivity index (χ1) is 7.97. The Morgan fingerprint density at radius 2 is 1.94 bits per heavy atom. The molecule has 0 saturated carbocycles. The number of piperidine rings is 1. The maximum Gasteiger partial charge on any atom is 0.391 e. The van der Waals surface area contributed by atoms with Crippen molar-refractivity contribution in [3.63, 3.8) is 0 Å². The van der Waals surface area contributed by atoms with Crippen LogP contribution in [-0.2, 0) is 0 Å². The highest BCUT2D eigenvalue weighted by atomic mass is 19.4. The van der Waals surface area contributed by atoms with Crippen molar-refractivity contribution in [3.8, 4) is 0 Å². The Balaban J connectivity index is 2.00. The van der Waals surface area contributed by atoms with Crippen molar-refractivity contribution in [2.45, 2.75) is 25.9 Å². The zero-order valence-electron chi connectivity index (χ0n) is 9.54. The second-order valence-electron chi connectivity index (χ2n) is 4.26. The fraction of sp³-hybridized carbons (Fsp3) is 0.636. The monoisotopic (exact) mass is 245 g/mol. The Labute approximate surface area is 97.7 Å². The first-order valence-electron chi connectivity index (χ1n) is 5.58. The molecule has 0 atom stereocenters. The number of rotatable bonds is 1. The quantitative estimate of drug-likeness (QED) is 0.761. The zero-order valence-corrected chi connectivity index (χ0v) is 9.54. The van der Waals surface area contributed by atoms with Crippen LogP contribution in [0.2, 0.25) is 0 Å². The van der Waals surface area contributed by atoms with Crippen LogP contribution in [0.4, 0.5) is 19.0 Å². The van der Waals surface area contributed by atoms with E-state index < -0.39 is 12.1 Å². The van der Waals surface area contributed by atoms with Gasteiger partial charge >= 0.3 is 6.18 Å². The summed E-state index contributed by atoms with van der Waals surface area (Å²) in [6, 6.07) is 1.74. The first kappa shape index (κ1) is 12.1.